The molecule has 2 aromatic carbocycles. The molecule has 3 nitrogen and oxygen atoms in total. The molecule has 0 spiro atoms. The van der Waals surface area contributed by atoms with E-state index in [1.165, 1.54) is 5.56 Å². The van der Waals surface area contributed by atoms with E-state index in [2.05, 4.69) is 24.4 Å². The third kappa shape index (κ3) is 6.33. The van der Waals surface area contributed by atoms with E-state index in [4.69, 9.17) is 21.1 Å². The van der Waals surface area contributed by atoms with Crippen LogP contribution in [0.3, 0.4) is 0 Å². The van der Waals surface area contributed by atoms with Gasteiger partial charge in [-0.2, -0.15) is 0 Å². The summed E-state index contributed by atoms with van der Waals surface area (Å²) in [5.41, 5.74) is 2.34. The Balaban J connectivity index is 0.00000288. The molecule has 0 fully saturated rings. The number of hydrogen-bond acceptors (Lipinski definition) is 3. The molecule has 0 saturated carbocycles. The summed E-state index contributed by atoms with van der Waals surface area (Å²) in [6.45, 7) is 2.91. The molecule has 0 aromatic heterocycles. The molecule has 0 amide bonds. The fraction of sp³-hybridized carbons (Fsp3) is 0.368. The summed E-state index contributed by atoms with van der Waals surface area (Å²) in [4.78, 5) is 0. The molecule has 0 bridgehead atoms. The quantitative estimate of drug-likeness (QED) is 0.732. The molecule has 2 unspecified atom stereocenters. The lowest BCUT2D eigenvalue weighted by atomic mass is 10.1. The molecule has 132 valence electrons. The molecule has 2 atom stereocenters. The largest absolute Gasteiger partial charge is 0.497 e. The smallest absolute Gasteiger partial charge is 0.119 e. The SMILES string of the molecule is COc1cccc(CC(C)NCC(OC)c2cccc(Cl)c2)c1.Cl. The van der Waals surface area contributed by atoms with Gasteiger partial charge in [0.2, 0.25) is 0 Å². The van der Waals surface area contributed by atoms with E-state index in [1.807, 2.05) is 36.4 Å². The summed E-state index contributed by atoms with van der Waals surface area (Å²) in [7, 11) is 3.41. The van der Waals surface area contributed by atoms with Crippen LogP contribution in [0.2, 0.25) is 5.02 Å². The van der Waals surface area contributed by atoms with Crippen LogP contribution in [0.4, 0.5) is 0 Å². The Kier molecular flexibility index (Phi) is 9.16. The van der Waals surface area contributed by atoms with Crippen molar-refractivity contribution in [3.8, 4) is 5.75 Å². The van der Waals surface area contributed by atoms with Gasteiger partial charge in [-0.3, -0.25) is 0 Å². The molecule has 2 rings (SSSR count). The van der Waals surface area contributed by atoms with Crippen LogP contribution in [0.15, 0.2) is 48.5 Å². The fourth-order valence-corrected chi connectivity index (χ4v) is 2.78. The van der Waals surface area contributed by atoms with Crippen LogP contribution in [-0.4, -0.2) is 26.8 Å². The molecule has 0 aliphatic carbocycles. The van der Waals surface area contributed by atoms with Crippen LogP contribution in [-0.2, 0) is 11.2 Å². The highest BCUT2D eigenvalue weighted by Crippen LogP contribution is 2.20. The minimum Gasteiger partial charge on any atom is -0.497 e. The van der Waals surface area contributed by atoms with Crippen molar-refractivity contribution in [1.82, 2.24) is 5.32 Å². The molecule has 24 heavy (non-hydrogen) atoms. The summed E-state index contributed by atoms with van der Waals surface area (Å²) in [6.07, 6.45) is 0.921. The van der Waals surface area contributed by atoms with Crippen LogP contribution in [0.25, 0.3) is 0 Å². The van der Waals surface area contributed by atoms with Crippen LogP contribution < -0.4 is 10.1 Å². The van der Waals surface area contributed by atoms with Gasteiger partial charge in [0.25, 0.3) is 0 Å². The van der Waals surface area contributed by atoms with E-state index >= 15 is 0 Å². The first kappa shape index (κ1) is 20.8. The maximum absolute atomic E-state index is 6.06. The predicted molar refractivity (Wildman–Crippen MR) is 103 cm³/mol. The highest BCUT2D eigenvalue weighted by Gasteiger charge is 2.12. The average Bonchev–Trinajstić information content (AvgIpc) is 2.55. The van der Waals surface area contributed by atoms with Gasteiger partial charge in [-0.25, -0.2) is 0 Å². The Morgan fingerprint density at radius 3 is 2.50 bits per heavy atom. The van der Waals surface area contributed by atoms with E-state index in [-0.39, 0.29) is 18.5 Å². The second-order valence-corrected chi connectivity index (χ2v) is 6.08. The van der Waals surface area contributed by atoms with Gasteiger partial charge in [-0.1, -0.05) is 35.9 Å². The van der Waals surface area contributed by atoms with E-state index in [0.29, 0.717) is 6.04 Å². The number of nitrogens with one attached hydrogen (secondary N) is 1. The van der Waals surface area contributed by atoms with Crippen molar-refractivity contribution in [3.05, 3.63) is 64.7 Å². The van der Waals surface area contributed by atoms with Crippen LogP contribution in [0.1, 0.15) is 24.2 Å². The first-order valence-corrected chi connectivity index (χ1v) is 8.14. The van der Waals surface area contributed by atoms with Crippen molar-refractivity contribution in [3.63, 3.8) is 0 Å². The highest BCUT2D eigenvalue weighted by molar-refractivity contribution is 6.30. The van der Waals surface area contributed by atoms with Crippen molar-refractivity contribution in [2.75, 3.05) is 20.8 Å². The minimum atomic E-state index is -0.0125. The maximum Gasteiger partial charge on any atom is 0.119 e. The zero-order valence-corrected chi connectivity index (χ0v) is 15.9. The number of rotatable bonds is 8. The standard InChI is InChI=1S/C19H24ClNO2.ClH/c1-14(10-15-6-4-9-18(11-15)22-2)21-13-19(23-3)16-7-5-8-17(20)12-16;/h4-9,11-12,14,19,21H,10,13H2,1-3H3;1H. The third-order valence-corrected chi connectivity index (χ3v) is 4.07. The van der Waals surface area contributed by atoms with Gasteiger partial charge in [-0.15, -0.1) is 12.4 Å². The molecule has 2 aromatic rings. The number of benzene rings is 2. The van der Waals surface area contributed by atoms with Crippen LogP contribution in [0.5, 0.6) is 5.75 Å². The van der Waals surface area contributed by atoms with Crippen LogP contribution >= 0.6 is 24.0 Å². The summed E-state index contributed by atoms with van der Waals surface area (Å²) in [5.74, 6) is 0.892. The van der Waals surface area contributed by atoms with E-state index in [1.54, 1.807) is 14.2 Å². The minimum absolute atomic E-state index is 0. The van der Waals surface area contributed by atoms with Gasteiger partial charge >= 0.3 is 0 Å². The fourth-order valence-electron chi connectivity index (χ4n) is 2.58. The van der Waals surface area contributed by atoms with Gasteiger partial charge in [0, 0.05) is 24.7 Å². The predicted octanol–water partition coefficient (Wildman–Crippen LogP) is 4.68. The number of hydrogen-bond donors (Lipinski definition) is 1. The van der Waals surface area contributed by atoms with Crippen molar-refractivity contribution in [2.45, 2.75) is 25.5 Å². The van der Waals surface area contributed by atoms with E-state index in [0.717, 1.165) is 29.3 Å². The van der Waals surface area contributed by atoms with Gasteiger partial charge in [0.15, 0.2) is 0 Å². The Bertz CT molecular complexity index is 622. The highest BCUT2D eigenvalue weighted by atomic mass is 35.5. The zero-order chi connectivity index (χ0) is 16.7. The molecular weight excluding hydrogens is 345 g/mol. The van der Waals surface area contributed by atoms with Gasteiger partial charge < -0.3 is 14.8 Å². The average molecular weight is 370 g/mol. The number of ether oxygens (including phenoxy) is 2. The zero-order valence-electron chi connectivity index (χ0n) is 14.3. The lowest BCUT2D eigenvalue weighted by Gasteiger charge is -2.20. The molecule has 0 aliphatic heterocycles. The van der Waals surface area contributed by atoms with Crippen molar-refractivity contribution in [2.24, 2.45) is 0 Å². The molecule has 0 radical (unpaired) electrons. The molecular formula is C19H25Cl2NO2. The van der Waals surface area contributed by atoms with Crippen molar-refractivity contribution >= 4 is 24.0 Å². The lowest BCUT2D eigenvalue weighted by Crippen LogP contribution is -2.32. The normalized spacial score (nSPS) is 13.0. The molecule has 0 saturated heterocycles. The second kappa shape index (κ2) is 10.6. The molecule has 0 heterocycles. The van der Waals surface area contributed by atoms with E-state index in [9.17, 15) is 0 Å². The summed E-state index contributed by atoms with van der Waals surface area (Å²) in [5, 5.41) is 4.26. The van der Waals surface area contributed by atoms with Gasteiger partial charge in [-0.05, 0) is 48.7 Å². The molecule has 1 N–H and O–H groups in total. The lowest BCUT2D eigenvalue weighted by molar-refractivity contribution is 0.0999. The summed E-state index contributed by atoms with van der Waals surface area (Å²) < 4.78 is 10.9. The van der Waals surface area contributed by atoms with Crippen LogP contribution in [0, 0.1) is 0 Å². The van der Waals surface area contributed by atoms with E-state index < -0.39 is 0 Å². The monoisotopic (exact) mass is 369 g/mol. The van der Waals surface area contributed by atoms with Gasteiger partial charge in [0.1, 0.15) is 5.75 Å². The first-order valence-electron chi connectivity index (χ1n) is 7.77. The Morgan fingerprint density at radius 2 is 1.83 bits per heavy atom. The number of halogens is 2. The Hall–Kier alpha value is -1.26. The summed E-state index contributed by atoms with van der Waals surface area (Å²) >= 11 is 6.06. The third-order valence-electron chi connectivity index (χ3n) is 3.83. The maximum atomic E-state index is 6.06. The van der Waals surface area contributed by atoms with Gasteiger partial charge in [0.05, 0.1) is 13.2 Å². The second-order valence-electron chi connectivity index (χ2n) is 5.64. The number of methoxy groups -OCH3 is 2. The molecule has 0 aliphatic rings. The first-order chi connectivity index (χ1) is 11.1. The summed E-state index contributed by atoms with van der Waals surface area (Å²) in [6, 6.07) is 16.3. The van der Waals surface area contributed by atoms with Crippen molar-refractivity contribution < 1.29 is 9.47 Å². The Labute approximate surface area is 155 Å². The Morgan fingerprint density at radius 1 is 1.08 bits per heavy atom. The van der Waals surface area contributed by atoms with Crippen molar-refractivity contribution in [1.29, 1.82) is 0 Å². The topological polar surface area (TPSA) is 30.5 Å². The molecule has 5 heteroatoms.